The fourth-order valence-electron chi connectivity index (χ4n) is 4.07. The van der Waals surface area contributed by atoms with Crippen LogP contribution in [0.25, 0.3) is 0 Å². The Morgan fingerprint density at radius 3 is 2.73 bits per heavy atom. The number of hydrogen-bond acceptors (Lipinski definition) is 2. The van der Waals surface area contributed by atoms with Crippen LogP contribution in [0.1, 0.15) is 44.9 Å². The maximum atomic E-state index is 12.8. The van der Waals surface area contributed by atoms with Crippen molar-refractivity contribution in [2.45, 2.75) is 60.6 Å². The third-order valence-electron chi connectivity index (χ3n) is 5.14. The summed E-state index contributed by atoms with van der Waals surface area (Å²) in [6, 6.07) is 8.45. The van der Waals surface area contributed by atoms with E-state index in [2.05, 4.69) is 24.3 Å². The number of amides is 1. The Balaban J connectivity index is 1.88. The minimum atomic E-state index is 0.104. The number of anilines is 1. The Hall–Kier alpha value is -0.930. The molecular weight excluding hydrogens is 314 g/mol. The zero-order chi connectivity index (χ0) is 15.2. The van der Waals surface area contributed by atoms with E-state index >= 15 is 0 Å². The molecule has 1 spiro atoms. The van der Waals surface area contributed by atoms with Crippen molar-refractivity contribution in [3.05, 3.63) is 35.4 Å². The third-order valence-corrected chi connectivity index (χ3v) is 7.08. The number of benzene rings is 1. The highest BCUT2D eigenvalue weighted by Gasteiger charge is 2.49. The molecule has 3 aliphatic rings. The van der Waals surface area contributed by atoms with Gasteiger partial charge in [0.1, 0.15) is 0 Å². The zero-order valence-corrected chi connectivity index (χ0v) is 14.1. The van der Waals surface area contributed by atoms with Crippen molar-refractivity contribution >= 4 is 35.0 Å². The predicted octanol–water partition coefficient (Wildman–Crippen LogP) is 5.11. The normalized spacial score (nSPS) is 27.0. The van der Waals surface area contributed by atoms with Crippen LogP contribution in [-0.2, 0) is 4.79 Å². The number of nitrogens with zero attached hydrogens (tertiary/aromatic N) is 1. The monoisotopic (exact) mass is 333 g/mol. The molecule has 1 aromatic rings. The fourth-order valence-corrected chi connectivity index (χ4v) is 5.93. The Labute approximate surface area is 140 Å². The predicted molar refractivity (Wildman–Crippen MR) is 92.6 cm³/mol. The number of fused-ring (bicyclic) bond motifs is 4. The number of carbonyl (C=O) groups is 1. The van der Waals surface area contributed by atoms with Gasteiger partial charge >= 0.3 is 0 Å². The molecule has 0 radical (unpaired) electrons. The molecule has 2 nitrogen and oxygen atoms in total. The molecule has 22 heavy (non-hydrogen) atoms. The first kappa shape index (κ1) is 14.6. The van der Waals surface area contributed by atoms with Gasteiger partial charge in [-0.25, -0.2) is 0 Å². The van der Waals surface area contributed by atoms with Gasteiger partial charge in [-0.1, -0.05) is 43.0 Å². The molecule has 1 saturated carbocycles. The van der Waals surface area contributed by atoms with Crippen LogP contribution in [0.15, 0.2) is 40.3 Å². The van der Waals surface area contributed by atoms with E-state index in [1.54, 1.807) is 0 Å². The number of rotatable bonds is 0. The molecule has 1 aliphatic carbocycles. The molecule has 0 N–H and O–H groups in total. The van der Waals surface area contributed by atoms with Crippen LogP contribution >= 0.6 is 23.4 Å². The lowest BCUT2D eigenvalue weighted by Crippen LogP contribution is -2.55. The van der Waals surface area contributed by atoms with E-state index < -0.39 is 0 Å². The highest BCUT2D eigenvalue weighted by molar-refractivity contribution is 8.01. The summed E-state index contributed by atoms with van der Waals surface area (Å²) in [6.45, 7) is 0. The molecule has 1 aromatic carbocycles. The number of halogens is 1. The molecule has 4 heteroatoms. The summed E-state index contributed by atoms with van der Waals surface area (Å²) in [5.41, 5.74) is 1.07. The average Bonchev–Trinajstić information content (AvgIpc) is 2.69. The van der Waals surface area contributed by atoms with Crippen molar-refractivity contribution in [3.8, 4) is 0 Å². The molecule has 1 amide bonds. The molecule has 0 bridgehead atoms. The molecule has 1 atom stereocenters. The van der Waals surface area contributed by atoms with E-state index in [0.29, 0.717) is 12.8 Å². The van der Waals surface area contributed by atoms with E-state index in [1.807, 2.05) is 22.7 Å². The first-order valence-electron chi connectivity index (χ1n) is 8.16. The number of hydrogen-bond donors (Lipinski definition) is 0. The Kier molecular flexibility index (Phi) is 3.74. The molecule has 0 saturated heterocycles. The van der Waals surface area contributed by atoms with Gasteiger partial charge in [0.15, 0.2) is 0 Å². The Bertz CT molecular complexity index is 636. The number of para-hydroxylation sites is 1. The number of carbonyl (C=O) groups excluding carboxylic acids is 1. The van der Waals surface area contributed by atoms with E-state index in [1.165, 1.54) is 37.0 Å². The van der Waals surface area contributed by atoms with Crippen LogP contribution in [0, 0.1) is 0 Å². The standard InChI is InChI=1S/C18H20ClNOS/c19-13-8-9-17(21)20-14-6-2-3-7-15(14)22-18(16(20)12-13)10-4-1-5-11-18/h2-3,6-7,12,16H,1,4-5,8-11H2/t16-/m0/s1. The first-order valence-corrected chi connectivity index (χ1v) is 9.35. The van der Waals surface area contributed by atoms with Crippen LogP contribution in [-0.4, -0.2) is 16.7 Å². The molecule has 2 heterocycles. The summed E-state index contributed by atoms with van der Waals surface area (Å²) in [5.74, 6) is 0.217. The fraction of sp³-hybridized carbons (Fsp3) is 0.500. The van der Waals surface area contributed by atoms with E-state index in [9.17, 15) is 4.79 Å². The quantitative estimate of drug-likeness (QED) is 0.657. The van der Waals surface area contributed by atoms with E-state index in [-0.39, 0.29) is 16.7 Å². The Morgan fingerprint density at radius 2 is 1.91 bits per heavy atom. The van der Waals surface area contributed by atoms with Gasteiger partial charge in [0, 0.05) is 21.1 Å². The van der Waals surface area contributed by atoms with Gasteiger partial charge in [0.05, 0.1) is 11.7 Å². The summed E-state index contributed by atoms with van der Waals surface area (Å²) in [6.07, 6.45) is 9.50. The number of thioether (sulfide) groups is 1. The smallest absolute Gasteiger partial charge is 0.227 e. The lowest BCUT2D eigenvalue weighted by atomic mass is 9.81. The lowest BCUT2D eigenvalue weighted by molar-refractivity contribution is -0.119. The highest BCUT2D eigenvalue weighted by Crippen LogP contribution is 2.55. The highest BCUT2D eigenvalue weighted by atomic mass is 35.5. The van der Waals surface area contributed by atoms with Crippen LogP contribution in [0.5, 0.6) is 0 Å². The van der Waals surface area contributed by atoms with Gasteiger partial charge in [-0.2, -0.15) is 0 Å². The van der Waals surface area contributed by atoms with Gasteiger partial charge in [-0.15, -0.1) is 11.8 Å². The summed E-state index contributed by atoms with van der Waals surface area (Å²) < 4.78 is 0.104. The minimum absolute atomic E-state index is 0.104. The average molecular weight is 334 g/mol. The van der Waals surface area contributed by atoms with Crippen LogP contribution in [0.2, 0.25) is 0 Å². The molecule has 116 valence electrons. The summed E-state index contributed by atoms with van der Waals surface area (Å²) in [5, 5.41) is 0.853. The SMILES string of the molecule is O=C1CCC(Cl)=C[C@@H]2N1c1ccccc1SC21CCCCC1. The topological polar surface area (TPSA) is 20.3 Å². The molecular formula is C18H20ClNOS. The van der Waals surface area contributed by atoms with E-state index in [0.717, 1.165) is 10.7 Å². The minimum Gasteiger partial charge on any atom is -0.303 e. The van der Waals surface area contributed by atoms with Crippen molar-refractivity contribution in [2.75, 3.05) is 4.90 Å². The van der Waals surface area contributed by atoms with Crippen molar-refractivity contribution in [1.29, 1.82) is 0 Å². The summed E-state index contributed by atoms with van der Waals surface area (Å²) >= 11 is 8.39. The molecule has 2 aliphatic heterocycles. The maximum absolute atomic E-state index is 12.8. The summed E-state index contributed by atoms with van der Waals surface area (Å²) in [7, 11) is 0. The molecule has 4 rings (SSSR count). The maximum Gasteiger partial charge on any atom is 0.227 e. The van der Waals surface area contributed by atoms with Gasteiger partial charge in [0.2, 0.25) is 5.91 Å². The molecule has 1 fully saturated rings. The van der Waals surface area contributed by atoms with E-state index in [4.69, 9.17) is 11.6 Å². The largest absolute Gasteiger partial charge is 0.303 e. The van der Waals surface area contributed by atoms with Gasteiger partial charge in [0.25, 0.3) is 0 Å². The van der Waals surface area contributed by atoms with Gasteiger partial charge in [-0.05, 0) is 37.5 Å². The van der Waals surface area contributed by atoms with Crippen molar-refractivity contribution < 1.29 is 4.79 Å². The van der Waals surface area contributed by atoms with Crippen LogP contribution in [0.3, 0.4) is 0 Å². The third kappa shape index (κ3) is 2.30. The van der Waals surface area contributed by atoms with Crippen molar-refractivity contribution in [3.63, 3.8) is 0 Å². The second-order valence-corrected chi connectivity index (χ2v) is 8.46. The van der Waals surface area contributed by atoms with Crippen LogP contribution < -0.4 is 4.90 Å². The second kappa shape index (κ2) is 5.61. The second-order valence-electron chi connectivity index (χ2n) is 6.52. The van der Waals surface area contributed by atoms with Gasteiger partial charge in [-0.3, -0.25) is 4.79 Å². The van der Waals surface area contributed by atoms with Crippen molar-refractivity contribution in [1.82, 2.24) is 0 Å². The van der Waals surface area contributed by atoms with Crippen LogP contribution in [0.4, 0.5) is 5.69 Å². The Morgan fingerprint density at radius 1 is 1.14 bits per heavy atom. The molecule has 0 aromatic heterocycles. The first-order chi connectivity index (χ1) is 10.7. The summed E-state index contributed by atoms with van der Waals surface area (Å²) in [4.78, 5) is 16.1. The van der Waals surface area contributed by atoms with Crippen molar-refractivity contribution in [2.24, 2.45) is 0 Å². The number of allylic oxidation sites excluding steroid dienone is 1. The molecule has 0 unspecified atom stereocenters. The lowest BCUT2D eigenvalue weighted by Gasteiger charge is -2.50. The zero-order valence-electron chi connectivity index (χ0n) is 12.6. The van der Waals surface area contributed by atoms with Gasteiger partial charge < -0.3 is 4.90 Å².